The van der Waals surface area contributed by atoms with E-state index in [1.165, 1.54) is 0 Å². The van der Waals surface area contributed by atoms with Crippen LogP contribution in [0.25, 0.3) is 0 Å². The van der Waals surface area contributed by atoms with Crippen molar-refractivity contribution in [3.63, 3.8) is 0 Å². The average Bonchev–Trinajstić information content (AvgIpc) is 2.33. The maximum atomic E-state index is 9.57. The quantitative estimate of drug-likeness (QED) is 0.604. The van der Waals surface area contributed by atoms with E-state index in [1.807, 2.05) is 31.2 Å². The van der Waals surface area contributed by atoms with Crippen molar-refractivity contribution in [2.75, 3.05) is 0 Å². The zero-order valence-corrected chi connectivity index (χ0v) is 6.94. The summed E-state index contributed by atoms with van der Waals surface area (Å²) in [5.74, 6) is 0.0520. The molecule has 2 rings (SSSR count). The smallest absolute Gasteiger partial charge is 0.106 e. The Kier molecular flexibility index (Phi) is 1.67. The standard InChI is InChI=1S/C10H12O2/c1-6-7-4-2-3-5-8(7)10(12)9(6)11/h2-6,9-12H,1H3/t6-,9-,10-/m1/s1. The van der Waals surface area contributed by atoms with Gasteiger partial charge in [-0.1, -0.05) is 31.2 Å². The van der Waals surface area contributed by atoms with Gasteiger partial charge >= 0.3 is 0 Å². The second kappa shape index (κ2) is 2.57. The van der Waals surface area contributed by atoms with E-state index in [-0.39, 0.29) is 5.92 Å². The molecule has 1 aromatic rings. The predicted molar refractivity (Wildman–Crippen MR) is 45.8 cm³/mol. The Bertz CT molecular complexity index is 267. The fraction of sp³-hybridized carbons (Fsp3) is 0.400. The van der Waals surface area contributed by atoms with E-state index < -0.39 is 12.2 Å². The number of rotatable bonds is 0. The third-order valence-corrected chi connectivity index (χ3v) is 2.64. The second-order valence-electron chi connectivity index (χ2n) is 3.35. The van der Waals surface area contributed by atoms with E-state index in [0.29, 0.717) is 0 Å². The summed E-state index contributed by atoms with van der Waals surface area (Å²) in [4.78, 5) is 0. The fourth-order valence-corrected chi connectivity index (χ4v) is 1.84. The summed E-state index contributed by atoms with van der Waals surface area (Å²) in [7, 11) is 0. The molecule has 0 amide bonds. The lowest BCUT2D eigenvalue weighted by atomic mass is 10.0. The molecule has 12 heavy (non-hydrogen) atoms. The van der Waals surface area contributed by atoms with Gasteiger partial charge in [0.05, 0.1) is 6.10 Å². The first kappa shape index (κ1) is 7.77. The molecule has 0 aromatic heterocycles. The van der Waals surface area contributed by atoms with E-state index in [4.69, 9.17) is 0 Å². The Morgan fingerprint density at radius 1 is 1.08 bits per heavy atom. The Morgan fingerprint density at radius 2 is 1.67 bits per heavy atom. The third kappa shape index (κ3) is 0.886. The molecule has 0 aliphatic heterocycles. The van der Waals surface area contributed by atoms with Crippen LogP contribution in [0.1, 0.15) is 30.1 Å². The first-order valence-electron chi connectivity index (χ1n) is 4.17. The van der Waals surface area contributed by atoms with Crippen molar-refractivity contribution < 1.29 is 10.2 Å². The number of aliphatic hydroxyl groups excluding tert-OH is 2. The van der Waals surface area contributed by atoms with Crippen molar-refractivity contribution in [1.29, 1.82) is 0 Å². The number of benzene rings is 1. The third-order valence-electron chi connectivity index (χ3n) is 2.64. The largest absolute Gasteiger partial charge is 0.389 e. The maximum absolute atomic E-state index is 9.57. The highest BCUT2D eigenvalue weighted by molar-refractivity contribution is 5.38. The van der Waals surface area contributed by atoms with E-state index in [1.54, 1.807) is 0 Å². The first-order valence-corrected chi connectivity index (χ1v) is 4.17. The zero-order valence-electron chi connectivity index (χ0n) is 6.94. The monoisotopic (exact) mass is 164 g/mol. The molecule has 1 aromatic carbocycles. The second-order valence-corrected chi connectivity index (χ2v) is 3.35. The molecule has 0 bridgehead atoms. The van der Waals surface area contributed by atoms with Crippen molar-refractivity contribution in [3.05, 3.63) is 35.4 Å². The van der Waals surface area contributed by atoms with Crippen molar-refractivity contribution >= 4 is 0 Å². The van der Waals surface area contributed by atoms with Gasteiger partial charge in [0.2, 0.25) is 0 Å². The molecule has 0 spiro atoms. The van der Waals surface area contributed by atoms with Gasteiger partial charge in [0.15, 0.2) is 0 Å². The molecule has 2 nitrogen and oxygen atoms in total. The van der Waals surface area contributed by atoms with Gasteiger partial charge in [-0.25, -0.2) is 0 Å². The molecule has 0 fully saturated rings. The summed E-state index contributed by atoms with van der Waals surface area (Å²) in [5.41, 5.74) is 1.94. The van der Waals surface area contributed by atoms with Gasteiger partial charge in [-0.15, -0.1) is 0 Å². The molecule has 1 aliphatic carbocycles. The van der Waals surface area contributed by atoms with Crippen LogP contribution in [0, 0.1) is 0 Å². The maximum Gasteiger partial charge on any atom is 0.106 e. The Labute approximate surface area is 71.5 Å². The van der Waals surface area contributed by atoms with Crippen LogP contribution in [0.5, 0.6) is 0 Å². The molecule has 2 heteroatoms. The van der Waals surface area contributed by atoms with Crippen LogP contribution in [0.4, 0.5) is 0 Å². The van der Waals surface area contributed by atoms with Gasteiger partial charge in [0.1, 0.15) is 6.10 Å². The van der Waals surface area contributed by atoms with Gasteiger partial charge in [-0.2, -0.15) is 0 Å². The normalized spacial score (nSPS) is 33.4. The van der Waals surface area contributed by atoms with E-state index in [2.05, 4.69) is 0 Å². The zero-order chi connectivity index (χ0) is 8.72. The Balaban J connectivity index is 2.52. The first-order chi connectivity index (χ1) is 5.72. The molecule has 0 saturated heterocycles. The van der Waals surface area contributed by atoms with Crippen LogP contribution >= 0.6 is 0 Å². The lowest BCUT2D eigenvalue weighted by molar-refractivity contribution is 0.0202. The van der Waals surface area contributed by atoms with Gasteiger partial charge < -0.3 is 10.2 Å². The van der Waals surface area contributed by atoms with Gasteiger partial charge in [0.25, 0.3) is 0 Å². The fourth-order valence-electron chi connectivity index (χ4n) is 1.84. The number of aliphatic hydroxyl groups is 2. The number of fused-ring (bicyclic) bond motifs is 1. The average molecular weight is 164 g/mol. The molecular formula is C10H12O2. The van der Waals surface area contributed by atoms with Gasteiger partial charge in [-0.05, 0) is 11.1 Å². The van der Waals surface area contributed by atoms with Crippen LogP contribution < -0.4 is 0 Å². The Hall–Kier alpha value is -0.860. The van der Waals surface area contributed by atoms with Crippen molar-refractivity contribution in [2.45, 2.75) is 25.0 Å². The summed E-state index contributed by atoms with van der Waals surface area (Å²) in [6.45, 7) is 1.93. The summed E-state index contributed by atoms with van der Waals surface area (Å²) in [6, 6.07) is 7.64. The van der Waals surface area contributed by atoms with Crippen LogP contribution in [0.2, 0.25) is 0 Å². The van der Waals surface area contributed by atoms with E-state index >= 15 is 0 Å². The van der Waals surface area contributed by atoms with Crippen molar-refractivity contribution in [1.82, 2.24) is 0 Å². The van der Waals surface area contributed by atoms with Crippen LogP contribution in [0.3, 0.4) is 0 Å². The molecule has 64 valence electrons. The van der Waals surface area contributed by atoms with E-state index in [0.717, 1.165) is 11.1 Å². The summed E-state index contributed by atoms with van der Waals surface area (Å²) in [5, 5.41) is 19.1. The minimum atomic E-state index is -0.698. The SMILES string of the molecule is C[C@@H]1c2ccccc2[C@@H](O)[C@@H]1O. The lowest BCUT2D eigenvalue weighted by Crippen LogP contribution is -2.15. The van der Waals surface area contributed by atoms with Crippen LogP contribution in [-0.4, -0.2) is 16.3 Å². The minimum absolute atomic E-state index is 0.0520. The Morgan fingerprint density at radius 3 is 2.25 bits per heavy atom. The summed E-state index contributed by atoms with van der Waals surface area (Å²) < 4.78 is 0. The minimum Gasteiger partial charge on any atom is -0.389 e. The molecule has 1 aliphatic rings. The van der Waals surface area contributed by atoms with Crippen LogP contribution in [0.15, 0.2) is 24.3 Å². The molecule has 0 heterocycles. The van der Waals surface area contributed by atoms with Gasteiger partial charge in [-0.3, -0.25) is 0 Å². The summed E-state index contributed by atoms with van der Waals surface area (Å²) in [6.07, 6.45) is -1.33. The molecule has 0 unspecified atom stereocenters. The number of hydrogen-bond donors (Lipinski definition) is 2. The topological polar surface area (TPSA) is 40.5 Å². The molecule has 0 radical (unpaired) electrons. The predicted octanol–water partition coefficient (Wildman–Crippen LogP) is 1.20. The lowest BCUT2D eigenvalue weighted by Gasteiger charge is -2.11. The molecule has 2 N–H and O–H groups in total. The van der Waals surface area contributed by atoms with Crippen molar-refractivity contribution in [3.8, 4) is 0 Å². The van der Waals surface area contributed by atoms with E-state index in [9.17, 15) is 10.2 Å². The highest BCUT2D eigenvalue weighted by Crippen LogP contribution is 2.39. The van der Waals surface area contributed by atoms with Crippen molar-refractivity contribution in [2.24, 2.45) is 0 Å². The number of hydrogen-bond acceptors (Lipinski definition) is 2. The molecule has 3 atom stereocenters. The van der Waals surface area contributed by atoms with Crippen LogP contribution in [-0.2, 0) is 0 Å². The highest BCUT2D eigenvalue weighted by Gasteiger charge is 2.35. The summed E-state index contributed by atoms with van der Waals surface area (Å²) >= 11 is 0. The van der Waals surface area contributed by atoms with Gasteiger partial charge in [0, 0.05) is 5.92 Å². The highest BCUT2D eigenvalue weighted by atomic mass is 16.3. The molecular weight excluding hydrogens is 152 g/mol. The molecule has 0 saturated carbocycles.